The topological polar surface area (TPSA) is 6.48 Å². The van der Waals surface area contributed by atoms with Crippen molar-refractivity contribution in [1.82, 2.24) is 0 Å². The molecule has 12 rings (SSSR count). The van der Waals surface area contributed by atoms with Crippen molar-refractivity contribution in [2.24, 2.45) is 0 Å². The molecule has 0 saturated heterocycles. The van der Waals surface area contributed by atoms with Crippen LogP contribution >= 0.6 is 0 Å². The van der Waals surface area contributed by atoms with Crippen LogP contribution in [0.25, 0.3) is 43.4 Å². The van der Waals surface area contributed by atoms with E-state index in [1.54, 1.807) is 0 Å². The molecule has 1 aliphatic rings. The van der Waals surface area contributed by atoms with Gasteiger partial charge < -0.3 is 9.80 Å². The molecule has 0 bridgehead atoms. The standard InChI is InChI=1S/C65H50N2/c1-43-29-32-52(39-45(43)3)66(50-23-13-7-14-24-50)54-34-37-56-47(41-54)31-36-60-62-58-28-18-17-27-57(58)61-42-55(67(51-25-15-8-16-26-51)53-33-30-44(2)46(4)40-53)35-38-59(61)64(62)65(63(56)60,48-19-9-5-10-20-48)49-21-11-6-12-22-49/h5-42H,1-4H3. The summed E-state index contributed by atoms with van der Waals surface area (Å²) in [7, 11) is 0. The molecule has 0 saturated carbocycles. The Bertz CT molecular complexity index is 3630. The van der Waals surface area contributed by atoms with Gasteiger partial charge in [0, 0.05) is 34.1 Å². The largest absolute Gasteiger partial charge is 0.310 e. The molecule has 2 nitrogen and oxygen atoms in total. The SMILES string of the molecule is Cc1ccc(N(c2ccccc2)c2ccc3c4c(ccc3c2)-c2c(c3ccc(N(c5ccccc5)c5ccc(C)c(C)c5)cc3c3ccccc23)C4(c2ccccc2)c2ccccc2)cc1C. The van der Waals surface area contributed by atoms with Gasteiger partial charge in [-0.1, -0.05) is 158 Å². The van der Waals surface area contributed by atoms with Gasteiger partial charge in [-0.2, -0.15) is 0 Å². The number of nitrogens with zero attached hydrogens (tertiary/aromatic N) is 2. The molecule has 0 fully saturated rings. The Kier molecular flexibility index (Phi) is 9.66. The van der Waals surface area contributed by atoms with Crippen LogP contribution in [0.1, 0.15) is 44.5 Å². The van der Waals surface area contributed by atoms with Crippen molar-refractivity contribution in [3.63, 3.8) is 0 Å². The van der Waals surface area contributed by atoms with E-state index in [1.807, 2.05) is 0 Å². The first-order chi connectivity index (χ1) is 32.9. The van der Waals surface area contributed by atoms with Crippen LogP contribution in [-0.2, 0) is 5.41 Å². The molecule has 0 N–H and O–H groups in total. The summed E-state index contributed by atoms with van der Waals surface area (Å²) in [5.41, 5.74) is 19.0. The quantitative estimate of drug-likeness (QED) is 0.141. The van der Waals surface area contributed by atoms with Crippen LogP contribution in [0.15, 0.2) is 231 Å². The van der Waals surface area contributed by atoms with Gasteiger partial charge in [0.25, 0.3) is 0 Å². The van der Waals surface area contributed by atoms with E-state index in [2.05, 4.69) is 268 Å². The number of para-hydroxylation sites is 2. The van der Waals surface area contributed by atoms with Crippen molar-refractivity contribution in [3.05, 3.63) is 275 Å². The van der Waals surface area contributed by atoms with Crippen molar-refractivity contribution in [2.45, 2.75) is 33.1 Å². The van der Waals surface area contributed by atoms with E-state index in [9.17, 15) is 0 Å². The van der Waals surface area contributed by atoms with Crippen LogP contribution in [0.4, 0.5) is 34.1 Å². The molecule has 0 amide bonds. The highest BCUT2D eigenvalue weighted by molar-refractivity contribution is 6.21. The van der Waals surface area contributed by atoms with E-state index >= 15 is 0 Å². The van der Waals surface area contributed by atoms with Gasteiger partial charge in [0.15, 0.2) is 0 Å². The molecular formula is C65H50N2. The maximum Gasteiger partial charge on any atom is 0.0725 e. The smallest absolute Gasteiger partial charge is 0.0725 e. The van der Waals surface area contributed by atoms with E-state index in [-0.39, 0.29) is 0 Å². The molecule has 2 heteroatoms. The highest BCUT2D eigenvalue weighted by atomic mass is 15.1. The normalized spacial score (nSPS) is 12.6. The first-order valence-corrected chi connectivity index (χ1v) is 23.4. The van der Waals surface area contributed by atoms with Crippen LogP contribution in [0.2, 0.25) is 0 Å². The van der Waals surface area contributed by atoms with Crippen LogP contribution in [0, 0.1) is 27.7 Å². The number of aryl methyl sites for hydroxylation is 4. The second-order valence-electron chi connectivity index (χ2n) is 18.3. The third-order valence-electron chi connectivity index (χ3n) is 14.5. The number of fused-ring (bicyclic) bond motifs is 10. The number of anilines is 6. The van der Waals surface area contributed by atoms with E-state index in [4.69, 9.17) is 0 Å². The lowest BCUT2D eigenvalue weighted by atomic mass is 9.65. The second-order valence-corrected chi connectivity index (χ2v) is 18.3. The van der Waals surface area contributed by atoms with Gasteiger partial charge in [0.1, 0.15) is 0 Å². The Morgan fingerprint density at radius 3 is 1.27 bits per heavy atom. The van der Waals surface area contributed by atoms with Gasteiger partial charge in [0.2, 0.25) is 0 Å². The molecule has 0 radical (unpaired) electrons. The lowest BCUT2D eigenvalue weighted by molar-refractivity contribution is 0.783. The van der Waals surface area contributed by atoms with Crippen molar-refractivity contribution < 1.29 is 0 Å². The Hall–Kier alpha value is -8.20. The monoisotopic (exact) mass is 858 g/mol. The van der Waals surface area contributed by atoms with Gasteiger partial charge in [-0.05, 0) is 188 Å². The molecule has 0 aliphatic heterocycles. The van der Waals surface area contributed by atoms with Gasteiger partial charge in [-0.15, -0.1) is 0 Å². The Morgan fingerprint density at radius 2 is 0.731 bits per heavy atom. The second kappa shape index (κ2) is 16.0. The predicted molar refractivity (Wildman–Crippen MR) is 285 cm³/mol. The van der Waals surface area contributed by atoms with Crippen LogP contribution < -0.4 is 9.80 Å². The summed E-state index contributed by atoms with van der Waals surface area (Å²) < 4.78 is 0. The summed E-state index contributed by atoms with van der Waals surface area (Å²) in [6.45, 7) is 8.78. The van der Waals surface area contributed by atoms with Crippen molar-refractivity contribution >= 4 is 66.4 Å². The van der Waals surface area contributed by atoms with Crippen molar-refractivity contribution in [2.75, 3.05) is 9.80 Å². The minimum atomic E-state index is -0.654. The molecule has 0 heterocycles. The van der Waals surface area contributed by atoms with E-state index in [0.717, 1.165) is 34.1 Å². The summed E-state index contributed by atoms with van der Waals surface area (Å²) >= 11 is 0. The van der Waals surface area contributed by atoms with E-state index < -0.39 is 5.41 Å². The number of hydrogen-bond donors (Lipinski definition) is 0. The van der Waals surface area contributed by atoms with Gasteiger partial charge in [-0.3, -0.25) is 0 Å². The first kappa shape index (κ1) is 40.3. The average Bonchev–Trinajstić information content (AvgIpc) is 3.70. The lowest BCUT2D eigenvalue weighted by Crippen LogP contribution is -2.29. The zero-order valence-corrected chi connectivity index (χ0v) is 38.3. The summed E-state index contributed by atoms with van der Waals surface area (Å²) in [5, 5.41) is 7.44. The number of rotatable bonds is 8. The summed E-state index contributed by atoms with van der Waals surface area (Å²) in [5.74, 6) is 0. The minimum absolute atomic E-state index is 0.654. The Balaban J connectivity index is 1.17. The Labute approximate surface area is 393 Å². The summed E-state index contributed by atoms with van der Waals surface area (Å²) in [4.78, 5) is 4.80. The average molecular weight is 859 g/mol. The fourth-order valence-corrected chi connectivity index (χ4v) is 11.1. The lowest BCUT2D eigenvalue weighted by Gasteiger charge is -2.36. The molecule has 11 aromatic rings. The molecule has 0 spiro atoms. The molecule has 1 aliphatic carbocycles. The van der Waals surface area contributed by atoms with Gasteiger partial charge >= 0.3 is 0 Å². The van der Waals surface area contributed by atoms with E-state index in [1.165, 1.54) is 88.0 Å². The zero-order valence-electron chi connectivity index (χ0n) is 38.3. The number of benzene rings is 11. The molecule has 11 aromatic carbocycles. The molecule has 0 aromatic heterocycles. The highest BCUT2D eigenvalue weighted by Gasteiger charge is 2.49. The zero-order chi connectivity index (χ0) is 45.2. The summed E-state index contributed by atoms with van der Waals surface area (Å²) in [6, 6.07) is 85.9. The van der Waals surface area contributed by atoms with Crippen LogP contribution in [0.5, 0.6) is 0 Å². The maximum atomic E-state index is 2.44. The molecular weight excluding hydrogens is 809 g/mol. The van der Waals surface area contributed by atoms with Crippen molar-refractivity contribution in [3.8, 4) is 11.1 Å². The fourth-order valence-electron chi connectivity index (χ4n) is 11.1. The van der Waals surface area contributed by atoms with Crippen LogP contribution in [0.3, 0.4) is 0 Å². The molecule has 0 unspecified atom stereocenters. The predicted octanol–water partition coefficient (Wildman–Crippen LogP) is 17.7. The van der Waals surface area contributed by atoms with Crippen molar-refractivity contribution in [1.29, 1.82) is 0 Å². The first-order valence-electron chi connectivity index (χ1n) is 23.4. The Morgan fingerprint density at radius 1 is 0.284 bits per heavy atom. The van der Waals surface area contributed by atoms with Gasteiger partial charge in [-0.25, -0.2) is 0 Å². The highest BCUT2D eigenvalue weighted by Crippen LogP contribution is 2.62. The fraction of sp³-hybridized carbons (Fsp3) is 0.0769. The van der Waals surface area contributed by atoms with Crippen LogP contribution in [-0.4, -0.2) is 0 Å². The third-order valence-corrected chi connectivity index (χ3v) is 14.5. The molecule has 320 valence electrons. The molecule has 0 atom stereocenters. The summed E-state index contributed by atoms with van der Waals surface area (Å²) in [6.07, 6.45) is 0. The number of hydrogen-bond acceptors (Lipinski definition) is 2. The third kappa shape index (κ3) is 6.39. The van der Waals surface area contributed by atoms with E-state index in [0.29, 0.717) is 0 Å². The molecule has 67 heavy (non-hydrogen) atoms. The van der Waals surface area contributed by atoms with Gasteiger partial charge in [0.05, 0.1) is 5.41 Å². The minimum Gasteiger partial charge on any atom is -0.310 e. The maximum absolute atomic E-state index is 2.44.